The molecule has 1 heterocycles. The smallest absolute Gasteiger partial charge is 0.0818 e. The molecule has 2 unspecified atom stereocenters. The van der Waals surface area contributed by atoms with E-state index in [1.54, 1.807) is 0 Å². The van der Waals surface area contributed by atoms with E-state index in [1.165, 1.54) is 0 Å². The fraction of sp³-hybridized carbons (Fsp3) is 1.00. The first-order valence-corrected chi connectivity index (χ1v) is 3.31. The topological polar surface area (TPSA) is 72.2 Å². The molecule has 60 valence electrons. The Kier molecular flexibility index (Phi) is 3.00. The van der Waals surface area contributed by atoms with Gasteiger partial charge in [0.2, 0.25) is 0 Å². The zero-order valence-corrected chi connectivity index (χ0v) is 6.15. The summed E-state index contributed by atoms with van der Waals surface area (Å²) in [5, 5.41) is 0. The van der Waals surface area contributed by atoms with Crippen molar-refractivity contribution >= 4 is 0 Å². The molecule has 2 atom stereocenters. The lowest BCUT2D eigenvalue weighted by atomic mass is 10.6. The van der Waals surface area contributed by atoms with Gasteiger partial charge in [-0.25, -0.2) is 21.7 Å². The van der Waals surface area contributed by atoms with Crippen LogP contribution in [0.15, 0.2) is 0 Å². The maximum atomic E-state index is 3.01. The van der Waals surface area contributed by atoms with Gasteiger partial charge in [0, 0.05) is 0 Å². The fourth-order valence-electron chi connectivity index (χ4n) is 0.611. The second-order valence-corrected chi connectivity index (χ2v) is 2.27. The lowest BCUT2D eigenvalue weighted by Crippen LogP contribution is -2.67. The number of hydrogen-bond donors (Lipinski definition) is 6. The number of nitrogens with one attached hydrogen (secondary N) is 6. The average molecular weight is 146 g/mol. The summed E-state index contributed by atoms with van der Waals surface area (Å²) < 4.78 is 0. The zero-order valence-electron chi connectivity index (χ0n) is 6.15. The highest BCUT2D eigenvalue weighted by Crippen LogP contribution is 1.72. The molecule has 1 fully saturated rings. The van der Waals surface area contributed by atoms with E-state index in [-0.39, 0.29) is 12.3 Å². The van der Waals surface area contributed by atoms with Crippen molar-refractivity contribution in [2.45, 2.75) is 26.2 Å². The summed E-state index contributed by atoms with van der Waals surface area (Å²) in [4.78, 5) is 0. The molecule has 10 heavy (non-hydrogen) atoms. The van der Waals surface area contributed by atoms with E-state index >= 15 is 0 Å². The molecule has 1 aliphatic rings. The Balaban J connectivity index is 2.23. The van der Waals surface area contributed by atoms with Crippen molar-refractivity contribution in [2.24, 2.45) is 0 Å². The van der Waals surface area contributed by atoms with E-state index in [2.05, 4.69) is 32.8 Å². The van der Waals surface area contributed by atoms with Crippen LogP contribution in [0.3, 0.4) is 0 Å². The van der Waals surface area contributed by atoms with Crippen LogP contribution in [0.4, 0.5) is 0 Å². The molecule has 0 bridgehead atoms. The molecule has 1 rings (SSSR count). The van der Waals surface area contributed by atoms with Gasteiger partial charge in [0.05, 0.1) is 12.3 Å². The summed E-state index contributed by atoms with van der Waals surface area (Å²) in [5.41, 5.74) is 17.3. The second-order valence-electron chi connectivity index (χ2n) is 2.27. The molecule has 1 saturated heterocycles. The van der Waals surface area contributed by atoms with Gasteiger partial charge in [0.15, 0.2) is 0 Å². The maximum absolute atomic E-state index is 3.01. The van der Waals surface area contributed by atoms with Crippen LogP contribution in [0.2, 0.25) is 0 Å². The Bertz CT molecular complexity index is 83.7. The van der Waals surface area contributed by atoms with Gasteiger partial charge in [0.1, 0.15) is 0 Å². The van der Waals surface area contributed by atoms with Crippen molar-refractivity contribution < 1.29 is 0 Å². The van der Waals surface area contributed by atoms with Crippen LogP contribution in [0, 0.1) is 0 Å². The molecule has 1 aliphatic heterocycles. The second kappa shape index (κ2) is 3.81. The average Bonchev–Trinajstić information content (AvgIpc) is 1.90. The standard InChI is InChI=1S/C4H14N6/c1-3-5-6-4(2)8-10-9-7-3/h3-10H,1-2H3. The van der Waals surface area contributed by atoms with E-state index in [0.717, 1.165) is 0 Å². The van der Waals surface area contributed by atoms with Gasteiger partial charge >= 0.3 is 0 Å². The number of rotatable bonds is 0. The van der Waals surface area contributed by atoms with E-state index in [0.29, 0.717) is 0 Å². The van der Waals surface area contributed by atoms with Gasteiger partial charge in [0.25, 0.3) is 0 Å². The molecule has 0 aromatic rings. The SMILES string of the molecule is CC1NNNNC(C)NN1. The van der Waals surface area contributed by atoms with Gasteiger partial charge in [-0.15, -0.1) is 0 Å². The molecule has 6 nitrogen and oxygen atoms in total. The van der Waals surface area contributed by atoms with Crippen LogP contribution in [0.1, 0.15) is 13.8 Å². The zero-order chi connectivity index (χ0) is 7.40. The molecular formula is C4H14N6. The summed E-state index contributed by atoms with van der Waals surface area (Å²) in [6.07, 6.45) is 0.356. The van der Waals surface area contributed by atoms with Crippen molar-refractivity contribution in [3.63, 3.8) is 0 Å². The monoisotopic (exact) mass is 146 g/mol. The molecule has 0 spiro atoms. The van der Waals surface area contributed by atoms with Crippen molar-refractivity contribution in [3.8, 4) is 0 Å². The fourth-order valence-corrected chi connectivity index (χ4v) is 0.611. The van der Waals surface area contributed by atoms with E-state index < -0.39 is 0 Å². The molecule has 6 N–H and O–H groups in total. The van der Waals surface area contributed by atoms with Crippen LogP contribution in [0.25, 0.3) is 0 Å². The molecule has 0 aromatic heterocycles. The highest BCUT2D eigenvalue weighted by Gasteiger charge is 2.05. The first kappa shape index (κ1) is 7.86. The minimum atomic E-state index is 0.178. The minimum Gasteiger partial charge on any atom is -0.238 e. The van der Waals surface area contributed by atoms with E-state index in [9.17, 15) is 0 Å². The molecule has 6 heteroatoms. The third kappa shape index (κ3) is 2.56. The number of hydrogen-bond acceptors (Lipinski definition) is 6. The van der Waals surface area contributed by atoms with Gasteiger partial charge < -0.3 is 0 Å². The quantitative estimate of drug-likeness (QED) is 0.235. The van der Waals surface area contributed by atoms with Crippen LogP contribution in [-0.4, -0.2) is 12.3 Å². The van der Waals surface area contributed by atoms with E-state index in [4.69, 9.17) is 0 Å². The summed E-state index contributed by atoms with van der Waals surface area (Å²) in [6.45, 7) is 3.97. The Morgan fingerprint density at radius 2 is 1.10 bits per heavy atom. The maximum Gasteiger partial charge on any atom is 0.0818 e. The van der Waals surface area contributed by atoms with Crippen molar-refractivity contribution in [2.75, 3.05) is 0 Å². The van der Waals surface area contributed by atoms with Crippen molar-refractivity contribution in [1.29, 1.82) is 0 Å². The van der Waals surface area contributed by atoms with Crippen LogP contribution >= 0.6 is 0 Å². The predicted molar refractivity (Wildman–Crippen MR) is 37.7 cm³/mol. The van der Waals surface area contributed by atoms with Gasteiger partial charge in [-0.2, -0.15) is 11.1 Å². The molecule has 0 amide bonds. The van der Waals surface area contributed by atoms with Gasteiger partial charge in [-0.05, 0) is 13.8 Å². The van der Waals surface area contributed by atoms with E-state index in [1.807, 2.05) is 13.8 Å². The number of hydrazine groups is 4. The van der Waals surface area contributed by atoms with Crippen LogP contribution in [-0.2, 0) is 0 Å². The molecule has 0 aliphatic carbocycles. The normalized spacial score (nSPS) is 36.6. The summed E-state index contributed by atoms with van der Waals surface area (Å²) in [6, 6.07) is 0. The van der Waals surface area contributed by atoms with Crippen LogP contribution < -0.4 is 32.8 Å². The summed E-state index contributed by atoms with van der Waals surface area (Å²) in [7, 11) is 0. The largest absolute Gasteiger partial charge is 0.238 e. The molecule has 0 radical (unpaired) electrons. The Labute approximate surface area is 60.0 Å². The van der Waals surface area contributed by atoms with Crippen molar-refractivity contribution in [1.82, 2.24) is 32.8 Å². The lowest BCUT2D eigenvalue weighted by molar-refractivity contribution is 0.204. The Morgan fingerprint density at radius 1 is 0.700 bits per heavy atom. The Morgan fingerprint density at radius 3 is 1.50 bits per heavy atom. The minimum absolute atomic E-state index is 0.178. The van der Waals surface area contributed by atoms with Crippen molar-refractivity contribution in [3.05, 3.63) is 0 Å². The highest BCUT2D eigenvalue weighted by molar-refractivity contribution is 4.56. The molecular weight excluding hydrogens is 132 g/mol. The Hall–Kier alpha value is -0.240. The summed E-state index contributed by atoms with van der Waals surface area (Å²) >= 11 is 0. The predicted octanol–water partition coefficient (Wildman–Crippen LogP) is -2.11. The first-order valence-electron chi connectivity index (χ1n) is 3.31. The third-order valence-corrected chi connectivity index (χ3v) is 1.16. The van der Waals surface area contributed by atoms with Gasteiger partial charge in [-0.1, -0.05) is 0 Å². The molecule has 0 aromatic carbocycles. The lowest BCUT2D eigenvalue weighted by Gasteiger charge is -2.26. The van der Waals surface area contributed by atoms with Crippen LogP contribution in [0.5, 0.6) is 0 Å². The van der Waals surface area contributed by atoms with Gasteiger partial charge in [-0.3, -0.25) is 0 Å². The summed E-state index contributed by atoms with van der Waals surface area (Å²) in [5.74, 6) is 0. The third-order valence-electron chi connectivity index (χ3n) is 1.16. The first-order chi connectivity index (χ1) is 4.79. The molecule has 0 saturated carbocycles. The highest BCUT2D eigenvalue weighted by atomic mass is 15.8.